The van der Waals surface area contributed by atoms with Gasteiger partial charge in [-0.2, -0.15) is 0 Å². The summed E-state index contributed by atoms with van der Waals surface area (Å²) in [4.78, 5) is 0. The molecule has 32 valence electrons. The normalized spacial score (nSPS) is 11.5. The summed E-state index contributed by atoms with van der Waals surface area (Å²) < 4.78 is 11.8. The fourth-order valence-corrected chi connectivity index (χ4v) is 1.98. The molecule has 0 saturated carbocycles. The molecule has 1 unspecified atom stereocenters. The van der Waals surface area contributed by atoms with Crippen molar-refractivity contribution in [3.63, 3.8) is 0 Å². The van der Waals surface area contributed by atoms with Crippen LogP contribution in [-0.2, 0) is 0 Å². The third kappa shape index (κ3) is 0.801. The van der Waals surface area contributed by atoms with Gasteiger partial charge in [-0.3, -0.25) is 0 Å². The Morgan fingerprint density at radius 1 is 1.83 bits per heavy atom. The van der Waals surface area contributed by atoms with Crippen LogP contribution >= 0.6 is 16.4 Å². The van der Waals surface area contributed by atoms with Crippen LogP contribution in [-0.4, -0.2) is 0 Å². The molecular formula is C3H3FP2. The molecule has 1 rings (SSSR count). The minimum absolute atomic E-state index is 0.0386. The first-order valence-corrected chi connectivity index (χ1v) is 3.64. The Hall–Kier alpha value is 0.140. The number of hydrogen-bond acceptors (Lipinski definition) is 0. The Morgan fingerprint density at radius 2 is 2.67 bits per heavy atom. The minimum atomic E-state index is 0.0386. The summed E-state index contributed by atoms with van der Waals surface area (Å²) in [5.74, 6) is 1.58. The van der Waals surface area contributed by atoms with Gasteiger partial charge in [0.25, 0.3) is 0 Å². The van der Waals surface area contributed by atoms with Crippen LogP contribution < -0.4 is 0 Å². The van der Waals surface area contributed by atoms with Crippen LogP contribution in [0.1, 0.15) is 0 Å². The molecule has 1 heterocycles. The molecule has 0 N–H and O–H groups in total. The van der Waals surface area contributed by atoms with E-state index in [1.54, 1.807) is 5.80 Å². The molecule has 1 aromatic rings. The van der Waals surface area contributed by atoms with Crippen LogP contribution in [0.2, 0.25) is 0 Å². The van der Waals surface area contributed by atoms with Gasteiger partial charge in [-0.15, -0.1) is 0 Å². The van der Waals surface area contributed by atoms with Crippen molar-refractivity contribution in [1.82, 2.24) is 0 Å². The van der Waals surface area contributed by atoms with Gasteiger partial charge in [0.15, 0.2) is 0 Å². The van der Waals surface area contributed by atoms with E-state index in [-0.39, 0.29) is 5.55 Å². The lowest BCUT2D eigenvalue weighted by Gasteiger charge is -1.61. The van der Waals surface area contributed by atoms with Crippen molar-refractivity contribution >= 4 is 16.4 Å². The molecule has 0 radical (unpaired) electrons. The number of hydrogen-bond donors (Lipinski definition) is 0. The lowest BCUT2D eigenvalue weighted by atomic mass is 11.1. The zero-order valence-corrected chi connectivity index (χ0v) is 4.87. The second-order valence-corrected chi connectivity index (χ2v) is 3.26. The maximum absolute atomic E-state index is 11.8. The van der Waals surface area contributed by atoms with E-state index in [4.69, 9.17) is 0 Å². The molecule has 0 nitrogen and oxygen atoms in total. The quantitative estimate of drug-likeness (QED) is 0.493. The largest absolute Gasteiger partial charge is 0.202 e. The molecule has 0 aromatic carbocycles. The van der Waals surface area contributed by atoms with E-state index in [1.807, 2.05) is 5.53 Å². The maximum Gasteiger partial charge on any atom is 0.143 e. The first kappa shape index (κ1) is 4.30. The van der Waals surface area contributed by atoms with E-state index >= 15 is 0 Å². The highest BCUT2D eigenvalue weighted by molar-refractivity contribution is 7.45. The van der Waals surface area contributed by atoms with Crippen molar-refractivity contribution in [2.24, 2.45) is 0 Å². The van der Waals surface area contributed by atoms with Gasteiger partial charge in [-0.1, -0.05) is 16.4 Å². The molecule has 0 saturated heterocycles. The van der Waals surface area contributed by atoms with Crippen LogP contribution in [0, 0.1) is 5.55 Å². The van der Waals surface area contributed by atoms with E-state index < -0.39 is 0 Å². The molecule has 3 heteroatoms. The molecule has 0 spiro atoms. The Morgan fingerprint density at radius 3 is 2.83 bits per heavy atom. The van der Waals surface area contributed by atoms with Crippen molar-refractivity contribution < 1.29 is 4.39 Å². The Labute approximate surface area is 38.6 Å². The van der Waals surface area contributed by atoms with Gasteiger partial charge < -0.3 is 0 Å². The first-order chi connectivity index (χ1) is 2.89. The van der Waals surface area contributed by atoms with E-state index in [0.29, 0.717) is 8.19 Å². The predicted octanol–water partition coefficient (Wildman–Crippen LogP) is 2.44. The number of rotatable bonds is 0. The third-order valence-electron chi connectivity index (χ3n) is 0.465. The fraction of sp³-hybridized carbons (Fsp3) is 0. The third-order valence-corrected chi connectivity index (χ3v) is 2.62. The topological polar surface area (TPSA) is 0 Å². The SMILES string of the molecule is Fc1cpc[pH]1. The van der Waals surface area contributed by atoms with Gasteiger partial charge in [-0.25, -0.2) is 4.39 Å². The van der Waals surface area contributed by atoms with Gasteiger partial charge in [0.05, 0.1) is 0 Å². The van der Waals surface area contributed by atoms with Crippen molar-refractivity contribution in [1.29, 1.82) is 0 Å². The molecule has 6 heavy (non-hydrogen) atoms. The molecule has 0 amide bonds. The van der Waals surface area contributed by atoms with Crippen LogP contribution in [0.4, 0.5) is 4.39 Å². The summed E-state index contributed by atoms with van der Waals surface area (Å²) >= 11 is 0. The van der Waals surface area contributed by atoms with E-state index in [2.05, 4.69) is 0 Å². The summed E-state index contributed by atoms with van der Waals surface area (Å²) in [6.07, 6.45) is 0. The molecule has 0 bridgehead atoms. The Kier molecular flexibility index (Phi) is 1.24. The van der Waals surface area contributed by atoms with Crippen molar-refractivity contribution in [3.05, 3.63) is 16.9 Å². The van der Waals surface area contributed by atoms with E-state index in [0.717, 1.165) is 8.19 Å². The molecule has 0 aliphatic rings. The van der Waals surface area contributed by atoms with Crippen LogP contribution in [0.25, 0.3) is 0 Å². The molecule has 1 atom stereocenters. The summed E-state index contributed by atoms with van der Waals surface area (Å²) in [5.41, 5.74) is 1.95. The summed E-state index contributed by atoms with van der Waals surface area (Å²) in [5, 5.41) is 0. The lowest BCUT2D eigenvalue weighted by molar-refractivity contribution is 0.660. The van der Waals surface area contributed by atoms with Gasteiger partial charge in [0, 0.05) is 5.80 Å². The monoisotopic (exact) mass is 120 g/mol. The standard InChI is InChI=1S/C3H3FP2/c4-3-1-5-2-6-3/h1-2,6H. The summed E-state index contributed by atoms with van der Waals surface area (Å²) in [6, 6.07) is 0. The molecule has 0 fully saturated rings. The number of halogens is 1. The second-order valence-electron chi connectivity index (χ2n) is 0.900. The van der Waals surface area contributed by atoms with Crippen LogP contribution in [0.3, 0.4) is 0 Å². The molecular weight excluding hydrogens is 117 g/mol. The van der Waals surface area contributed by atoms with Gasteiger partial charge >= 0.3 is 0 Å². The lowest BCUT2D eigenvalue weighted by Crippen LogP contribution is -1.39. The molecule has 0 aliphatic carbocycles. The van der Waals surface area contributed by atoms with Gasteiger partial charge in [0.1, 0.15) is 5.55 Å². The fourth-order valence-electron chi connectivity index (χ4n) is 0.239. The highest BCUT2D eigenvalue weighted by Crippen LogP contribution is 2.19. The highest BCUT2D eigenvalue weighted by Gasteiger charge is 1.79. The van der Waals surface area contributed by atoms with Crippen molar-refractivity contribution in [2.75, 3.05) is 0 Å². The average molecular weight is 120 g/mol. The average Bonchev–Trinajstić information content (AvgIpc) is 1.86. The Balaban J connectivity index is 3.05. The van der Waals surface area contributed by atoms with Crippen molar-refractivity contribution in [2.45, 2.75) is 0 Å². The van der Waals surface area contributed by atoms with Crippen LogP contribution in [0.5, 0.6) is 0 Å². The zero-order valence-electron chi connectivity index (χ0n) is 2.98. The van der Waals surface area contributed by atoms with Crippen molar-refractivity contribution in [3.8, 4) is 0 Å². The van der Waals surface area contributed by atoms with Gasteiger partial charge in [-0.05, 0) is 5.53 Å². The van der Waals surface area contributed by atoms with Gasteiger partial charge in [0.2, 0.25) is 0 Å². The smallest absolute Gasteiger partial charge is 0.143 e. The minimum Gasteiger partial charge on any atom is -0.202 e. The predicted molar refractivity (Wildman–Crippen MR) is 28.4 cm³/mol. The van der Waals surface area contributed by atoms with E-state index in [1.165, 1.54) is 0 Å². The zero-order chi connectivity index (χ0) is 4.41. The maximum atomic E-state index is 11.8. The van der Waals surface area contributed by atoms with E-state index in [9.17, 15) is 4.39 Å². The summed E-state index contributed by atoms with van der Waals surface area (Å²) in [6.45, 7) is 0. The molecule has 1 aromatic heterocycles. The highest BCUT2D eigenvalue weighted by atomic mass is 31.1. The Bertz CT molecular complexity index is 112. The van der Waals surface area contributed by atoms with Crippen LogP contribution in [0.15, 0.2) is 11.3 Å². The second kappa shape index (κ2) is 1.73. The first-order valence-electron chi connectivity index (χ1n) is 1.53. The molecule has 0 aliphatic heterocycles. The summed E-state index contributed by atoms with van der Waals surface area (Å²) in [7, 11) is 1.38.